The molecule has 0 fully saturated rings. The first-order valence-electron chi connectivity index (χ1n) is 21.0. The van der Waals surface area contributed by atoms with Crippen molar-refractivity contribution >= 4 is 71.6 Å². The smallest absolute Gasteiger partial charge is 0.235 e. The number of fused-ring (bicyclic) bond motifs is 10. The normalized spacial score (nSPS) is 12.7. The van der Waals surface area contributed by atoms with Gasteiger partial charge in [-0.05, 0) is 96.3 Å². The molecular formula is C56H36N4O. The monoisotopic (exact) mass is 780 g/mol. The number of benzene rings is 8. The van der Waals surface area contributed by atoms with Crippen LogP contribution in [0.4, 0.5) is 0 Å². The molecule has 1 aliphatic carbocycles. The Kier molecular flexibility index (Phi) is 7.36. The Labute approximate surface area is 351 Å². The molecule has 12 aromatic rings. The molecule has 0 atom stereocenters. The van der Waals surface area contributed by atoms with E-state index in [4.69, 9.17) is 14.4 Å². The number of allylic oxidation sites excluding steroid dienone is 1. The highest BCUT2D eigenvalue weighted by atomic mass is 16.3. The van der Waals surface area contributed by atoms with E-state index in [1.54, 1.807) is 0 Å². The van der Waals surface area contributed by atoms with Crippen LogP contribution in [-0.2, 0) is 6.42 Å². The van der Waals surface area contributed by atoms with Gasteiger partial charge < -0.3 is 8.98 Å². The summed E-state index contributed by atoms with van der Waals surface area (Å²) in [5.74, 6) is 1.61. The zero-order valence-electron chi connectivity index (χ0n) is 33.1. The van der Waals surface area contributed by atoms with Gasteiger partial charge in [0, 0.05) is 54.7 Å². The van der Waals surface area contributed by atoms with Crippen molar-refractivity contribution in [3.05, 3.63) is 199 Å². The third kappa shape index (κ3) is 5.20. The lowest BCUT2D eigenvalue weighted by Crippen LogP contribution is -2.03. The van der Waals surface area contributed by atoms with Crippen LogP contribution in [0.25, 0.3) is 117 Å². The number of nitrogens with zero attached hydrogens (tertiary/aromatic N) is 4. The summed E-state index contributed by atoms with van der Waals surface area (Å²) in [6.07, 6.45) is 6.36. The average Bonchev–Trinajstić information content (AvgIpc) is 3.99. The summed E-state index contributed by atoms with van der Waals surface area (Å²) in [5, 5.41) is 6.99. The van der Waals surface area contributed by atoms with Gasteiger partial charge in [-0.15, -0.1) is 0 Å². The van der Waals surface area contributed by atoms with Crippen LogP contribution < -0.4 is 0 Å². The molecule has 0 radical (unpaired) electrons. The van der Waals surface area contributed by atoms with Gasteiger partial charge >= 0.3 is 0 Å². The van der Waals surface area contributed by atoms with Gasteiger partial charge in [-0.2, -0.15) is 0 Å². The molecular weight excluding hydrogens is 745 g/mol. The fourth-order valence-corrected chi connectivity index (χ4v) is 9.82. The van der Waals surface area contributed by atoms with Crippen molar-refractivity contribution in [2.45, 2.75) is 12.8 Å². The maximum atomic E-state index is 6.52. The van der Waals surface area contributed by atoms with Gasteiger partial charge in [-0.25, -0.2) is 9.97 Å². The van der Waals surface area contributed by atoms with Crippen LogP contribution in [0, 0.1) is 0 Å². The van der Waals surface area contributed by atoms with E-state index in [2.05, 4.69) is 203 Å². The van der Waals surface area contributed by atoms with E-state index in [0.717, 1.165) is 90.5 Å². The second-order valence-corrected chi connectivity index (χ2v) is 16.0. The third-order valence-corrected chi connectivity index (χ3v) is 12.6. The van der Waals surface area contributed by atoms with E-state index in [0.29, 0.717) is 5.95 Å². The van der Waals surface area contributed by atoms with Gasteiger partial charge in [0.05, 0.1) is 33.3 Å². The summed E-state index contributed by atoms with van der Waals surface area (Å²) >= 11 is 0. The highest BCUT2D eigenvalue weighted by molar-refractivity contribution is 6.13. The molecule has 5 heteroatoms. The third-order valence-electron chi connectivity index (χ3n) is 12.6. The molecule has 8 aromatic carbocycles. The first-order chi connectivity index (χ1) is 30.2. The van der Waals surface area contributed by atoms with E-state index < -0.39 is 0 Å². The minimum atomic E-state index is 0.640. The fraction of sp³-hybridized carbons (Fsp3) is 0.0357. The van der Waals surface area contributed by atoms with Crippen LogP contribution in [0.3, 0.4) is 0 Å². The lowest BCUT2D eigenvalue weighted by molar-refractivity contribution is 0.596. The van der Waals surface area contributed by atoms with Gasteiger partial charge in [-0.1, -0.05) is 127 Å². The maximum Gasteiger partial charge on any atom is 0.235 e. The summed E-state index contributed by atoms with van der Waals surface area (Å²) in [5.41, 5.74) is 15.2. The van der Waals surface area contributed by atoms with E-state index in [1.165, 1.54) is 38.3 Å². The van der Waals surface area contributed by atoms with Gasteiger partial charge in [0.15, 0.2) is 0 Å². The predicted molar refractivity (Wildman–Crippen MR) is 252 cm³/mol. The molecule has 4 aromatic heterocycles. The minimum Gasteiger partial charge on any atom is -0.456 e. The van der Waals surface area contributed by atoms with Crippen molar-refractivity contribution in [1.29, 1.82) is 0 Å². The molecule has 5 nitrogen and oxygen atoms in total. The molecule has 0 spiro atoms. The first kappa shape index (κ1) is 33.9. The summed E-state index contributed by atoms with van der Waals surface area (Å²) in [6.45, 7) is 0. The Morgan fingerprint density at radius 2 is 1.07 bits per heavy atom. The van der Waals surface area contributed by atoms with Crippen molar-refractivity contribution in [3.63, 3.8) is 0 Å². The molecule has 0 saturated heterocycles. The highest BCUT2D eigenvalue weighted by Crippen LogP contribution is 2.41. The molecule has 13 rings (SSSR count). The molecule has 61 heavy (non-hydrogen) atoms. The van der Waals surface area contributed by atoms with Gasteiger partial charge in [0.1, 0.15) is 11.3 Å². The quantitative estimate of drug-likeness (QED) is 0.175. The van der Waals surface area contributed by atoms with Crippen molar-refractivity contribution in [2.24, 2.45) is 0 Å². The van der Waals surface area contributed by atoms with Crippen LogP contribution in [-0.4, -0.2) is 19.1 Å². The van der Waals surface area contributed by atoms with Crippen LogP contribution in [0.1, 0.15) is 17.7 Å². The Hall–Kier alpha value is -8.02. The molecule has 0 bridgehead atoms. The second-order valence-electron chi connectivity index (χ2n) is 16.0. The molecule has 4 heterocycles. The second kappa shape index (κ2) is 13.2. The fourth-order valence-electron chi connectivity index (χ4n) is 9.82. The summed E-state index contributed by atoms with van der Waals surface area (Å²) < 4.78 is 11.1. The molecule has 0 unspecified atom stereocenters. The summed E-state index contributed by atoms with van der Waals surface area (Å²) in [6, 6.07) is 65.1. The van der Waals surface area contributed by atoms with Crippen molar-refractivity contribution < 1.29 is 4.42 Å². The van der Waals surface area contributed by atoms with Gasteiger partial charge in [0.25, 0.3) is 0 Å². The van der Waals surface area contributed by atoms with Crippen molar-refractivity contribution in [3.8, 4) is 45.1 Å². The Balaban J connectivity index is 0.965. The maximum absolute atomic E-state index is 6.52. The van der Waals surface area contributed by atoms with Crippen LogP contribution in [0.2, 0.25) is 0 Å². The number of hydrogen-bond acceptors (Lipinski definition) is 3. The Morgan fingerprint density at radius 1 is 0.443 bits per heavy atom. The van der Waals surface area contributed by atoms with Crippen LogP contribution in [0.15, 0.2) is 192 Å². The van der Waals surface area contributed by atoms with Crippen molar-refractivity contribution in [1.82, 2.24) is 19.1 Å². The number of rotatable bonds is 5. The molecule has 286 valence electrons. The van der Waals surface area contributed by atoms with E-state index in [9.17, 15) is 0 Å². The standard InChI is InChI=1S/C56H36N4O/c1-2-16-39(17-3-1)59-49-25-9-5-18-41(49)46-33-35(28-30-51(46)59)36-29-31-52-47(34-36)42-19-6-10-26-50(42)60(52)56-57-48-24-8-4-21-45(48)54(58-56)38-15-12-14-37(32-38)40-22-13-23-44-43-20-7-11-27-53(43)61-55(40)44/h1-6,8-19,21-34H,7,20H2. The molecule has 0 aliphatic heterocycles. The number of furan rings is 1. The number of hydrogen-bond donors (Lipinski definition) is 0. The number of aryl methyl sites for hydroxylation is 1. The number of aromatic nitrogens is 4. The van der Waals surface area contributed by atoms with Crippen LogP contribution in [0.5, 0.6) is 0 Å². The largest absolute Gasteiger partial charge is 0.456 e. The molecule has 1 aliphatic rings. The first-order valence-corrected chi connectivity index (χ1v) is 21.0. The Bertz CT molecular complexity index is 3770. The SMILES string of the molecule is C1=Cc2oc3c(-c4cccc(-c5nc(-n6c7ccccc7c7cc(-c8ccc9c(c8)c8ccccc8n9-c8ccccc8)ccc76)nc6ccccc56)c4)cccc3c2CC1. The average molecular weight is 781 g/mol. The van der Waals surface area contributed by atoms with E-state index in [1.807, 2.05) is 0 Å². The zero-order chi connectivity index (χ0) is 40.0. The minimum absolute atomic E-state index is 0.640. The van der Waals surface area contributed by atoms with E-state index in [-0.39, 0.29) is 0 Å². The lowest BCUT2D eigenvalue weighted by atomic mass is 9.96. The summed E-state index contributed by atoms with van der Waals surface area (Å²) in [4.78, 5) is 10.7. The number of para-hydroxylation sites is 5. The molecule has 0 amide bonds. The van der Waals surface area contributed by atoms with Gasteiger partial charge in [0.2, 0.25) is 5.95 Å². The Morgan fingerprint density at radius 3 is 1.85 bits per heavy atom. The van der Waals surface area contributed by atoms with Gasteiger partial charge in [-0.3, -0.25) is 4.57 Å². The molecule has 0 N–H and O–H groups in total. The van der Waals surface area contributed by atoms with Crippen molar-refractivity contribution in [2.75, 3.05) is 0 Å². The highest BCUT2D eigenvalue weighted by Gasteiger charge is 2.21. The van der Waals surface area contributed by atoms with E-state index >= 15 is 0 Å². The zero-order valence-corrected chi connectivity index (χ0v) is 33.1. The van der Waals surface area contributed by atoms with Crippen LogP contribution >= 0.6 is 0 Å². The summed E-state index contributed by atoms with van der Waals surface area (Å²) in [7, 11) is 0. The lowest BCUT2D eigenvalue weighted by Gasteiger charge is -2.13. The molecule has 0 saturated carbocycles. The predicted octanol–water partition coefficient (Wildman–Crippen LogP) is 14.5. The topological polar surface area (TPSA) is 48.8 Å².